The maximum atomic E-state index is 9.04. The monoisotopic (exact) mass is 414 g/mol. The molecule has 0 radical (unpaired) electrons. The Morgan fingerprint density at radius 3 is 1.84 bits per heavy atom. The van der Waals surface area contributed by atoms with E-state index in [0.717, 1.165) is 32.1 Å². The molecule has 0 bridgehead atoms. The van der Waals surface area contributed by atoms with Crippen LogP contribution < -0.4 is 0 Å². The highest BCUT2D eigenvalue weighted by Crippen LogP contribution is 2.32. The fourth-order valence-corrected chi connectivity index (χ4v) is 4.38. The molecule has 0 saturated heterocycles. The van der Waals surface area contributed by atoms with Crippen LogP contribution in [0.25, 0.3) is 22.3 Å². The molecule has 0 aromatic heterocycles. The number of benzene rings is 3. The van der Waals surface area contributed by atoms with Crippen LogP contribution in [0, 0.1) is 0 Å². The number of hydrogen-bond donors (Lipinski definition) is 1. The van der Waals surface area contributed by atoms with Crippen molar-refractivity contribution in [2.75, 3.05) is 6.61 Å². The molecule has 0 aliphatic carbocycles. The van der Waals surface area contributed by atoms with Gasteiger partial charge in [-0.3, -0.25) is 0 Å². The second-order valence-electron chi connectivity index (χ2n) is 8.55. The van der Waals surface area contributed by atoms with Gasteiger partial charge in [-0.2, -0.15) is 0 Å². The summed E-state index contributed by atoms with van der Waals surface area (Å²) in [6.07, 6.45) is 8.70. The van der Waals surface area contributed by atoms with E-state index in [1.54, 1.807) is 0 Å². The maximum absolute atomic E-state index is 9.04. The van der Waals surface area contributed by atoms with E-state index in [4.69, 9.17) is 5.11 Å². The third-order valence-electron chi connectivity index (χ3n) is 6.31. The molecule has 3 aromatic rings. The van der Waals surface area contributed by atoms with Crippen molar-refractivity contribution in [2.45, 2.75) is 72.1 Å². The lowest BCUT2D eigenvalue weighted by Gasteiger charge is -2.15. The highest BCUT2D eigenvalue weighted by atomic mass is 16.2. The Morgan fingerprint density at radius 1 is 0.581 bits per heavy atom. The minimum Gasteiger partial charge on any atom is -0.396 e. The van der Waals surface area contributed by atoms with Gasteiger partial charge in [-0.25, -0.2) is 0 Å². The van der Waals surface area contributed by atoms with Gasteiger partial charge in [0.05, 0.1) is 0 Å². The predicted molar refractivity (Wildman–Crippen MR) is 135 cm³/mol. The molecule has 0 aliphatic heterocycles. The maximum Gasteiger partial charge on any atom is 0.0431 e. The number of aliphatic hydroxyl groups excluding tert-OH is 1. The first-order valence-corrected chi connectivity index (χ1v) is 12.1. The first kappa shape index (κ1) is 23.3. The fourth-order valence-electron chi connectivity index (χ4n) is 4.38. The highest BCUT2D eigenvalue weighted by Gasteiger charge is 2.10. The summed E-state index contributed by atoms with van der Waals surface area (Å²) < 4.78 is 0. The van der Waals surface area contributed by atoms with Crippen LogP contribution in [0.3, 0.4) is 0 Å². The molecule has 0 saturated carbocycles. The number of hydrogen-bond acceptors (Lipinski definition) is 1. The van der Waals surface area contributed by atoms with Crippen LogP contribution in [0.4, 0.5) is 0 Å². The summed E-state index contributed by atoms with van der Waals surface area (Å²) in [6.45, 7) is 7.03. The van der Waals surface area contributed by atoms with Crippen molar-refractivity contribution in [3.63, 3.8) is 0 Å². The average molecular weight is 415 g/mol. The Hall–Kier alpha value is -2.38. The fraction of sp³-hybridized carbons (Fsp3) is 0.400. The van der Waals surface area contributed by atoms with Crippen molar-refractivity contribution in [2.24, 2.45) is 0 Å². The Morgan fingerprint density at radius 2 is 1.16 bits per heavy atom. The summed E-state index contributed by atoms with van der Waals surface area (Å²) in [6, 6.07) is 23.1. The minimum absolute atomic E-state index is 0.284. The molecule has 0 aliphatic rings. The van der Waals surface area contributed by atoms with E-state index in [2.05, 4.69) is 81.4 Å². The number of unbranched alkanes of at least 4 members (excludes halogenated alkanes) is 2. The molecular weight excluding hydrogens is 376 g/mol. The van der Waals surface area contributed by atoms with Crippen molar-refractivity contribution >= 4 is 0 Å². The molecule has 0 spiro atoms. The van der Waals surface area contributed by atoms with Crippen molar-refractivity contribution in [1.29, 1.82) is 0 Å². The highest BCUT2D eigenvalue weighted by molar-refractivity contribution is 5.75. The molecule has 1 N–H and O–H groups in total. The lowest BCUT2D eigenvalue weighted by atomic mass is 9.90. The van der Waals surface area contributed by atoms with Crippen LogP contribution in [-0.4, -0.2) is 11.7 Å². The predicted octanol–water partition coefficient (Wildman–Crippen LogP) is 7.80. The standard InChI is InChI=1S/C30H38O/c1-4-7-10-23-12-15-27(16-13-23)29-19-17-28(22-26(29)6-3)30-18-14-24(11-8-9-20-31)21-25(30)5-2/h12-19,21-22,31H,4-11,20H2,1-3H3. The molecule has 164 valence electrons. The molecule has 0 heterocycles. The van der Waals surface area contributed by atoms with Crippen LogP contribution in [0.15, 0.2) is 60.7 Å². The average Bonchev–Trinajstić information content (AvgIpc) is 2.82. The zero-order valence-electron chi connectivity index (χ0n) is 19.6. The SMILES string of the molecule is CCCCc1ccc(-c2ccc(-c3ccc(CCCCO)cc3CC)cc2CC)cc1. The second kappa shape index (κ2) is 11.9. The normalized spacial score (nSPS) is 11.1. The van der Waals surface area contributed by atoms with Crippen molar-refractivity contribution in [3.8, 4) is 22.3 Å². The second-order valence-corrected chi connectivity index (χ2v) is 8.55. The lowest BCUT2D eigenvalue weighted by molar-refractivity contribution is 0.284. The molecule has 0 amide bonds. The first-order valence-electron chi connectivity index (χ1n) is 12.1. The van der Waals surface area contributed by atoms with Gasteiger partial charge in [-0.05, 0) is 89.5 Å². The molecule has 1 heteroatoms. The molecule has 0 atom stereocenters. The van der Waals surface area contributed by atoms with Gasteiger partial charge in [0.2, 0.25) is 0 Å². The Kier molecular flexibility index (Phi) is 8.91. The number of rotatable bonds is 11. The van der Waals surface area contributed by atoms with Gasteiger partial charge < -0.3 is 5.11 Å². The summed E-state index contributed by atoms with van der Waals surface area (Å²) in [4.78, 5) is 0. The molecule has 3 rings (SSSR count). The molecule has 31 heavy (non-hydrogen) atoms. The van der Waals surface area contributed by atoms with Gasteiger partial charge in [0.25, 0.3) is 0 Å². The van der Waals surface area contributed by atoms with Crippen LogP contribution in [-0.2, 0) is 25.7 Å². The third-order valence-corrected chi connectivity index (χ3v) is 6.31. The van der Waals surface area contributed by atoms with Gasteiger partial charge in [0.15, 0.2) is 0 Å². The van der Waals surface area contributed by atoms with Gasteiger partial charge in [0, 0.05) is 6.61 Å². The van der Waals surface area contributed by atoms with Gasteiger partial charge in [-0.1, -0.05) is 87.9 Å². The summed E-state index contributed by atoms with van der Waals surface area (Å²) in [5, 5.41) is 9.04. The van der Waals surface area contributed by atoms with Crippen LogP contribution in [0.1, 0.15) is 68.7 Å². The van der Waals surface area contributed by atoms with Crippen molar-refractivity contribution in [3.05, 3.63) is 82.9 Å². The van der Waals surface area contributed by atoms with Gasteiger partial charge in [-0.15, -0.1) is 0 Å². The van der Waals surface area contributed by atoms with Crippen LogP contribution in [0.2, 0.25) is 0 Å². The molecule has 1 nitrogen and oxygen atoms in total. The number of aryl methyl sites for hydroxylation is 4. The van der Waals surface area contributed by atoms with Crippen molar-refractivity contribution < 1.29 is 5.11 Å². The largest absolute Gasteiger partial charge is 0.396 e. The van der Waals surface area contributed by atoms with Crippen molar-refractivity contribution in [1.82, 2.24) is 0 Å². The van der Waals surface area contributed by atoms with E-state index in [-0.39, 0.29) is 6.61 Å². The lowest BCUT2D eigenvalue weighted by Crippen LogP contribution is -1.95. The summed E-state index contributed by atoms with van der Waals surface area (Å²) in [5.74, 6) is 0. The topological polar surface area (TPSA) is 20.2 Å². The van der Waals surface area contributed by atoms with Crippen LogP contribution >= 0.6 is 0 Å². The van der Waals surface area contributed by atoms with E-state index < -0.39 is 0 Å². The Balaban J connectivity index is 1.87. The van der Waals surface area contributed by atoms with Gasteiger partial charge >= 0.3 is 0 Å². The quantitative estimate of drug-likeness (QED) is 0.317. The molecular formula is C30H38O. The van der Waals surface area contributed by atoms with E-state index in [0.29, 0.717) is 0 Å². The summed E-state index contributed by atoms with van der Waals surface area (Å²) in [5.41, 5.74) is 11.0. The molecule has 0 unspecified atom stereocenters. The van der Waals surface area contributed by atoms with E-state index in [9.17, 15) is 0 Å². The van der Waals surface area contributed by atoms with Gasteiger partial charge in [0.1, 0.15) is 0 Å². The van der Waals surface area contributed by atoms with Crippen LogP contribution in [0.5, 0.6) is 0 Å². The summed E-state index contributed by atoms with van der Waals surface area (Å²) in [7, 11) is 0. The summed E-state index contributed by atoms with van der Waals surface area (Å²) >= 11 is 0. The zero-order valence-corrected chi connectivity index (χ0v) is 19.6. The van der Waals surface area contributed by atoms with E-state index in [1.165, 1.54) is 63.8 Å². The Bertz CT molecular complexity index is 953. The third kappa shape index (κ3) is 6.08. The Labute approximate surface area is 189 Å². The smallest absolute Gasteiger partial charge is 0.0431 e. The van der Waals surface area contributed by atoms with E-state index >= 15 is 0 Å². The zero-order chi connectivity index (χ0) is 22.1. The molecule has 3 aromatic carbocycles. The first-order chi connectivity index (χ1) is 15.2. The molecule has 0 fully saturated rings. The van der Waals surface area contributed by atoms with E-state index in [1.807, 2.05) is 0 Å². The number of aliphatic hydroxyl groups is 1. The minimum atomic E-state index is 0.284.